The molecule has 0 radical (unpaired) electrons. The number of halogens is 1. The quantitative estimate of drug-likeness (QED) is 0.0480. The normalized spacial score (nSPS) is 10.6. The molecule has 0 bridgehead atoms. The van der Waals surface area contributed by atoms with Crippen molar-refractivity contribution in [1.82, 2.24) is 0 Å². The molecule has 0 spiro atoms. The number of benzene rings is 5. The van der Waals surface area contributed by atoms with Crippen LogP contribution in [0.3, 0.4) is 0 Å². The van der Waals surface area contributed by atoms with Crippen molar-refractivity contribution < 1.29 is 47.6 Å². The third kappa shape index (κ3) is 12.3. The van der Waals surface area contributed by atoms with Crippen LogP contribution in [0.5, 0.6) is 34.5 Å². The molecule has 11 heteroatoms. The minimum Gasteiger partial charge on any atom is -0.494 e. The molecule has 55 heavy (non-hydrogen) atoms. The topological polar surface area (TPSA) is 124 Å². The van der Waals surface area contributed by atoms with Crippen LogP contribution >= 0.6 is 15.9 Å². The molecule has 0 saturated carbocycles. The van der Waals surface area contributed by atoms with Crippen molar-refractivity contribution in [2.24, 2.45) is 0 Å². The molecule has 5 aromatic rings. The summed E-state index contributed by atoms with van der Waals surface area (Å²) in [6.07, 6.45) is 7.08. The van der Waals surface area contributed by atoms with Gasteiger partial charge in [-0.25, -0.2) is 19.2 Å². The van der Waals surface area contributed by atoms with Crippen LogP contribution in [-0.2, 0) is 0 Å². The van der Waals surface area contributed by atoms with Gasteiger partial charge in [-0.2, -0.15) is 0 Å². The summed E-state index contributed by atoms with van der Waals surface area (Å²) in [5, 5.41) is 0. The highest BCUT2D eigenvalue weighted by molar-refractivity contribution is 9.10. The highest BCUT2D eigenvalue weighted by atomic mass is 79.9. The van der Waals surface area contributed by atoms with E-state index < -0.39 is 23.9 Å². The number of unbranched alkanes of at least 4 members (excludes halogenated alkanes) is 5. The SMILES string of the molecule is CCCCCCCCOc1ccc(C(=O)Oc2ccc(C(=O)Oc3ccc(Br)c(OC(=O)c4ccc(OC(=O)c5ccc(OCC)cc5)cc4)c3)cc2)cc1. The van der Waals surface area contributed by atoms with Crippen molar-refractivity contribution in [1.29, 1.82) is 0 Å². The van der Waals surface area contributed by atoms with Gasteiger partial charge in [0.15, 0.2) is 0 Å². The summed E-state index contributed by atoms with van der Waals surface area (Å²) in [4.78, 5) is 51.1. The molecule has 0 aromatic heterocycles. The number of carbonyl (C=O) groups is 4. The van der Waals surface area contributed by atoms with E-state index in [9.17, 15) is 19.2 Å². The maximum Gasteiger partial charge on any atom is 0.343 e. The number of hydrogen-bond acceptors (Lipinski definition) is 10. The molecule has 5 aromatic carbocycles. The van der Waals surface area contributed by atoms with Crippen LogP contribution in [0.25, 0.3) is 0 Å². The Morgan fingerprint density at radius 2 is 0.818 bits per heavy atom. The van der Waals surface area contributed by atoms with Crippen molar-refractivity contribution in [3.63, 3.8) is 0 Å². The predicted molar refractivity (Wildman–Crippen MR) is 210 cm³/mol. The van der Waals surface area contributed by atoms with Crippen LogP contribution in [0, 0.1) is 0 Å². The number of carbonyl (C=O) groups excluding carboxylic acids is 4. The van der Waals surface area contributed by atoms with Crippen LogP contribution < -0.4 is 28.4 Å². The van der Waals surface area contributed by atoms with E-state index in [2.05, 4.69) is 22.9 Å². The Morgan fingerprint density at radius 1 is 0.436 bits per heavy atom. The van der Waals surface area contributed by atoms with Crippen LogP contribution in [0.15, 0.2) is 120 Å². The number of hydrogen-bond donors (Lipinski definition) is 0. The largest absolute Gasteiger partial charge is 0.494 e. The second-order valence-corrected chi connectivity index (χ2v) is 13.2. The van der Waals surface area contributed by atoms with E-state index in [1.165, 1.54) is 86.3 Å². The average Bonchev–Trinajstić information content (AvgIpc) is 3.20. The first-order valence-corrected chi connectivity index (χ1v) is 18.9. The molecule has 0 heterocycles. The van der Waals surface area contributed by atoms with Gasteiger partial charge < -0.3 is 28.4 Å². The molecule has 0 aliphatic carbocycles. The molecule has 5 rings (SSSR count). The summed E-state index contributed by atoms with van der Waals surface area (Å²) in [7, 11) is 0. The predicted octanol–water partition coefficient (Wildman–Crippen LogP) is 10.5. The van der Waals surface area contributed by atoms with Crippen LogP contribution in [-0.4, -0.2) is 37.1 Å². The summed E-state index contributed by atoms with van der Waals surface area (Å²) in [6.45, 7) is 5.21. The van der Waals surface area contributed by atoms with E-state index >= 15 is 0 Å². The lowest BCUT2D eigenvalue weighted by atomic mass is 10.1. The average molecular weight is 810 g/mol. The molecule has 10 nitrogen and oxygen atoms in total. The van der Waals surface area contributed by atoms with Gasteiger partial charge in [0.25, 0.3) is 0 Å². The summed E-state index contributed by atoms with van der Waals surface area (Å²) >= 11 is 3.35. The summed E-state index contributed by atoms with van der Waals surface area (Å²) < 4.78 is 33.6. The van der Waals surface area contributed by atoms with E-state index in [-0.39, 0.29) is 34.1 Å². The van der Waals surface area contributed by atoms with Gasteiger partial charge in [0.1, 0.15) is 34.5 Å². The summed E-state index contributed by atoms with van der Waals surface area (Å²) in [5.41, 5.74) is 1.11. The monoisotopic (exact) mass is 808 g/mol. The molecule has 0 fully saturated rings. The molecule has 0 N–H and O–H groups in total. The second kappa shape index (κ2) is 20.5. The summed E-state index contributed by atoms with van der Waals surface area (Å²) in [6, 6.07) is 29.7. The first kappa shape index (κ1) is 40.2. The Labute approximate surface area is 328 Å². The first-order valence-electron chi connectivity index (χ1n) is 18.1. The van der Waals surface area contributed by atoms with Crippen molar-refractivity contribution in [2.45, 2.75) is 52.4 Å². The molecule has 0 atom stereocenters. The Hall–Kier alpha value is -5.94. The lowest BCUT2D eigenvalue weighted by Crippen LogP contribution is -2.11. The van der Waals surface area contributed by atoms with E-state index in [0.29, 0.717) is 40.3 Å². The molecule has 0 saturated heterocycles. The van der Waals surface area contributed by atoms with E-state index in [1.807, 2.05) is 6.92 Å². The van der Waals surface area contributed by atoms with Crippen LogP contribution in [0.1, 0.15) is 93.8 Å². The van der Waals surface area contributed by atoms with Gasteiger partial charge >= 0.3 is 23.9 Å². The molecule has 0 aliphatic rings. The maximum atomic E-state index is 12.9. The van der Waals surface area contributed by atoms with E-state index in [1.54, 1.807) is 54.6 Å². The van der Waals surface area contributed by atoms with Gasteiger partial charge in [0.05, 0.1) is 39.9 Å². The third-order valence-corrected chi connectivity index (χ3v) is 8.83. The molecule has 284 valence electrons. The molecule has 0 unspecified atom stereocenters. The highest BCUT2D eigenvalue weighted by Gasteiger charge is 2.17. The number of rotatable bonds is 18. The van der Waals surface area contributed by atoms with E-state index in [4.69, 9.17) is 28.4 Å². The van der Waals surface area contributed by atoms with Gasteiger partial charge in [-0.05, 0) is 138 Å². The van der Waals surface area contributed by atoms with Crippen LogP contribution in [0.2, 0.25) is 0 Å². The minimum atomic E-state index is -0.688. The lowest BCUT2D eigenvalue weighted by Gasteiger charge is -2.10. The van der Waals surface area contributed by atoms with Crippen molar-refractivity contribution in [2.75, 3.05) is 13.2 Å². The molecular weight excluding hydrogens is 768 g/mol. The second-order valence-electron chi connectivity index (χ2n) is 12.3. The van der Waals surface area contributed by atoms with Crippen molar-refractivity contribution in [3.05, 3.63) is 142 Å². The van der Waals surface area contributed by atoms with E-state index in [0.717, 1.165) is 12.8 Å². The summed E-state index contributed by atoms with van der Waals surface area (Å²) in [5.74, 6) is -0.403. The number of ether oxygens (including phenoxy) is 6. The molecular formula is C44H41BrO10. The fourth-order valence-corrected chi connectivity index (χ4v) is 5.54. The van der Waals surface area contributed by atoms with Gasteiger partial charge in [0, 0.05) is 6.07 Å². The molecule has 0 aliphatic heterocycles. The zero-order valence-electron chi connectivity index (χ0n) is 30.6. The van der Waals surface area contributed by atoms with Gasteiger partial charge in [-0.15, -0.1) is 0 Å². The standard InChI is InChI=1S/C44H41BrO10/c1-3-5-6-7-8-9-28-51-35-20-12-31(13-21-35)42(47)52-36-22-14-32(15-23-36)43(48)54-38-26-27-39(45)40(29-38)55-44(49)33-16-24-37(25-17-33)53-41(46)30-10-18-34(19-11-30)50-4-2/h10-27,29H,3-9,28H2,1-2H3. The molecule has 0 amide bonds. The highest BCUT2D eigenvalue weighted by Crippen LogP contribution is 2.31. The van der Waals surface area contributed by atoms with Gasteiger partial charge in [-0.1, -0.05) is 39.0 Å². The zero-order valence-corrected chi connectivity index (χ0v) is 32.2. The first-order chi connectivity index (χ1) is 26.7. The Bertz CT molecular complexity index is 2040. The van der Waals surface area contributed by atoms with Crippen molar-refractivity contribution >= 4 is 39.8 Å². The Balaban J connectivity index is 1.09. The Morgan fingerprint density at radius 3 is 1.29 bits per heavy atom. The zero-order chi connectivity index (χ0) is 39.0. The Kier molecular flexibility index (Phi) is 15.0. The van der Waals surface area contributed by atoms with Crippen molar-refractivity contribution in [3.8, 4) is 34.5 Å². The minimum absolute atomic E-state index is 0.112. The number of esters is 4. The fraction of sp³-hybridized carbons (Fsp3) is 0.227. The third-order valence-electron chi connectivity index (χ3n) is 8.17. The fourth-order valence-electron chi connectivity index (χ4n) is 5.21. The van der Waals surface area contributed by atoms with Gasteiger partial charge in [0.2, 0.25) is 0 Å². The van der Waals surface area contributed by atoms with Gasteiger partial charge in [-0.3, -0.25) is 0 Å². The lowest BCUT2D eigenvalue weighted by molar-refractivity contribution is 0.0722. The smallest absolute Gasteiger partial charge is 0.343 e. The maximum absolute atomic E-state index is 12.9. The van der Waals surface area contributed by atoms with Crippen LogP contribution in [0.4, 0.5) is 0 Å².